The van der Waals surface area contributed by atoms with Crippen LogP contribution in [0.1, 0.15) is 143 Å². The quantitative estimate of drug-likeness (QED) is 0.0715. The Hall–Kier alpha value is -0.110. The first-order chi connectivity index (χ1) is 19.3. The third-order valence-corrected chi connectivity index (χ3v) is 10.0. The molecule has 0 aromatic heterocycles. The van der Waals surface area contributed by atoms with Crippen LogP contribution in [-0.4, -0.2) is 53.3 Å². The highest BCUT2D eigenvalue weighted by molar-refractivity contribution is 7.52. The number of Topliss-reactive ketones (excluding diaryl/α,β-unsaturated/α-hetero) is 1. The zero-order chi connectivity index (χ0) is 30.6. The van der Waals surface area contributed by atoms with Gasteiger partial charge in [-0.1, -0.05) is 84.0 Å². The van der Waals surface area contributed by atoms with E-state index >= 15 is 0 Å². The topological polar surface area (TPSA) is 129 Å². The molecule has 0 amide bonds. The Morgan fingerprint density at radius 1 is 0.805 bits per heavy atom. The van der Waals surface area contributed by atoms with E-state index in [0.29, 0.717) is 38.7 Å². The minimum absolute atomic E-state index is 0.0139. The maximum Gasteiger partial charge on any atom is 0.472 e. The van der Waals surface area contributed by atoms with Crippen molar-refractivity contribution in [3.05, 3.63) is 0 Å². The van der Waals surface area contributed by atoms with E-state index in [0.717, 1.165) is 12.8 Å². The smallest absolute Gasteiger partial charge is 0.375 e. The van der Waals surface area contributed by atoms with E-state index in [1.165, 1.54) is 70.6 Å². The summed E-state index contributed by atoms with van der Waals surface area (Å²) in [4.78, 5) is 32.3. The molecule has 1 fully saturated rings. The summed E-state index contributed by atoms with van der Waals surface area (Å²) in [7, 11) is -8.14. The van der Waals surface area contributed by atoms with E-state index in [4.69, 9.17) is 18.3 Å². The Morgan fingerprint density at radius 3 is 1.85 bits per heavy atom. The van der Waals surface area contributed by atoms with Crippen LogP contribution in [0.3, 0.4) is 0 Å². The lowest BCUT2D eigenvalue weighted by molar-refractivity contribution is -0.119. The molecule has 1 aliphatic rings. The van der Waals surface area contributed by atoms with Crippen molar-refractivity contribution in [2.75, 3.05) is 26.0 Å². The Balaban J connectivity index is 2.05. The number of rotatable bonds is 26. The third-order valence-electron chi connectivity index (χ3n) is 7.29. The number of carbonyl (C=O) groups is 1. The fourth-order valence-corrected chi connectivity index (χ4v) is 7.83. The van der Waals surface area contributed by atoms with Crippen LogP contribution in [-0.2, 0) is 32.2 Å². The zero-order valence-electron chi connectivity index (χ0n) is 26.4. The fraction of sp³-hybridized carbons (Fsp3) is 0.967. The molecular weight excluding hydrogens is 566 g/mol. The maximum absolute atomic E-state index is 12.4. The van der Waals surface area contributed by atoms with Gasteiger partial charge in [0.2, 0.25) is 0 Å². The number of ketones is 1. The molecule has 1 rings (SSSR count). The molecule has 9 nitrogen and oxygen atoms in total. The molecule has 1 saturated heterocycles. The minimum Gasteiger partial charge on any atom is -0.375 e. The lowest BCUT2D eigenvalue weighted by Crippen LogP contribution is -2.27. The summed E-state index contributed by atoms with van der Waals surface area (Å²) in [5, 5.41) is 0. The van der Waals surface area contributed by atoms with E-state index in [1.807, 2.05) is 0 Å². The lowest BCUT2D eigenvalue weighted by atomic mass is 10.0. The number of hydrogen-bond acceptors (Lipinski definition) is 7. The first-order valence-corrected chi connectivity index (χ1v) is 19.4. The van der Waals surface area contributed by atoms with Crippen molar-refractivity contribution < 1.29 is 42.0 Å². The Bertz CT molecular complexity index is 784. The molecule has 1 heterocycles. The minimum atomic E-state index is -4.29. The number of phosphoric acid groups is 1. The van der Waals surface area contributed by atoms with Crippen LogP contribution in [0.4, 0.5) is 0 Å². The normalized spacial score (nSPS) is 20.6. The van der Waals surface area contributed by atoms with Crippen molar-refractivity contribution in [1.82, 2.24) is 0 Å². The lowest BCUT2D eigenvalue weighted by Gasteiger charge is -2.26. The van der Waals surface area contributed by atoms with Gasteiger partial charge in [-0.15, -0.1) is 0 Å². The van der Waals surface area contributed by atoms with Gasteiger partial charge in [-0.2, -0.15) is 0 Å². The van der Waals surface area contributed by atoms with Crippen molar-refractivity contribution in [2.45, 2.75) is 155 Å². The van der Waals surface area contributed by atoms with Crippen molar-refractivity contribution in [3.63, 3.8) is 0 Å². The van der Waals surface area contributed by atoms with Gasteiger partial charge in [0.1, 0.15) is 5.78 Å². The van der Waals surface area contributed by atoms with Gasteiger partial charge in [0, 0.05) is 25.4 Å². The third kappa shape index (κ3) is 22.1. The van der Waals surface area contributed by atoms with Crippen LogP contribution in [0.25, 0.3) is 0 Å². The molecule has 41 heavy (non-hydrogen) atoms. The molecule has 0 spiro atoms. The number of carbonyl (C=O) groups excluding carboxylic acids is 1. The second-order valence-electron chi connectivity index (χ2n) is 12.6. The van der Waals surface area contributed by atoms with Gasteiger partial charge in [0.05, 0.1) is 31.1 Å². The molecule has 4 unspecified atom stereocenters. The summed E-state index contributed by atoms with van der Waals surface area (Å²) in [5.74, 6) is -0.0911. The molecule has 0 aromatic rings. The summed E-state index contributed by atoms with van der Waals surface area (Å²) in [6.07, 6.45) is 18.6. The average molecular weight is 627 g/mol. The van der Waals surface area contributed by atoms with Crippen molar-refractivity contribution >= 4 is 21.2 Å². The Labute approximate surface area is 250 Å². The molecule has 1 aliphatic heterocycles. The fourth-order valence-electron chi connectivity index (χ4n) is 5.12. The van der Waals surface area contributed by atoms with Crippen LogP contribution in [0.15, 0.2) is 0 Å². The van der Waals surface area contributed by atoms with Gasteiger partial charge >= 0.3 is 15.4 Å². The highest BCUT2D eigenvalue weighted by atomic mass is 31.2. The predicted octanol–water partition coefficient (Wildman–Crippen LogP) is 8.75. The van der Waals surface area contributed by atoms with Crippen LogP contribution in [0, 0.1) is 5.92 Å². The molecule has 0 bridgehead atoms. The molecule has 11 heteroatoms. The Kier molecular flexibility index (Phi) is 20.5. The summed E-state index contributed by atoms with van der Waals surface area (Å²) in [6.45, 7) is 7.54. The van der Waals surface area contributed by atoms with Gasteiger partial charge in [-0.25, -0.2) is 4.57 Å². The number of phosphoric ester groups is 1. The van der Waals surface area contributed by atoms with Crippen LogP contribution < -0.4 is 0 Å². The standard InChI is InChI=1S/C30H60O9P2/c1-5-6-7-8-9-10-11-12-13-14-15-16-17-20-28(31)21-18-19-23-37-41(34,35)38-25-29-27(22-24-36-29)26-40(32,33)39-30(2,3)4/h27,29H,5-26H2,1-4H3,(H,32,33)(H,34,35). The SMILES string of the molecule is CCCCCCCCCCCCCCCC(=O)CCCCOP(=O)(O)OCC1OCCC1CP(=O)(O)OC(C)(C)C. The van der Waals surface area contributed by atoms with Gasteiger partial charge in [0.25, 0.3) is 0 Å². The van der Waals surface area contributed by atoms with Gasteiger partial charge in [0.15, 0.2) is 0 Å². The van der Waals surface area contributed by atoms with Gasteiger partial charge in [-0.05, 0) is 46.5 Å². The van der Waals surface area contributed by atoms with Gasteiger partial charge in [-0.3, -0.25) is 18.4 Å². The number of unbranched alkanes of at least 4 members (excludes halogenated alkanes) is 13. The van der Waals surface area contributed by atoms with E-state index < -0.39 is 27.1 Å². The largest absolute Gasteiger partial charge is 0.472 e. The first-order valence-electron chi connectivity index (χ1n) is 16.1. The summed E-state index contributed by atoms with van der Waals surface area (Å²) in [6, 6.07) is 0. The average Bonchev–Trinajstić information content (AvgIpc) is 3.30. The summed E-state index contributed by atoms with van der Waals surface area (Å²) in [5.41, 5.74) is -0.763. The van der Waals surface area contributed by atoms with E-state index in [9.17, 15) is 23.7 Å². The van der Waals surface area contributed by atoms with Crippen molar-refractivity contribution in [3.8, 4) is 0 Å². The number of hydrogen-bond donors (Lipinski definition) is 2. The predicted molar refractivity (Wildman–Crippen MR) is 164 cm³/mol. The van der Waals surface area contributed by atoms with Gasteiger partial charge < -0.3 is 19.0 Å². The zero-order valence-corrected chi connectivity index (χ0v) is 28.1. The Morgan fingerprint density at radius 2 is 1.32 bits per heavy atom. The molecule has 244 valence electrons. The maximum atomic E-state index is 12.4. The highest BCUT2D eigenvalue weighted by Crippen LogP contribution is 2.50. The number of ether oxygens (including phenoxy) is 1. The molecule has 0 radical (unpaired) electrons. The summed E-state index contributed by atoms with van der Waals surface area (Å²) >= 11 is 0. The van der Waals surface area contributed by atoms with Crippen molar-refractivity contribution in [2.24, 2.45) is 5.92 Å². The monoisotopic (exact) mass is 626 g/mol. The molecular formula is C30H60O9P2. The van der Waals surface area contributed by atoms with Crippen LogP contribution in [0.2, 0.25) is 0 Å². The molecule has 4 atom stereocenters. The second kappa shape index (κ2) is 21.6. The van der Waals surface area contributed by atoms with Crippen molar-refractivity contribution in [1.29, 1.82) is 0 Å². The van der Waals surface area contributed by atoms with Crippen LogP contribution >= 0.6 is 15.4 Å². The van der Waals surface area contributed by atoms with E-state index in [2.05, 4.69) is 6.92 Å². The highest BCUT2D eigenvalue weighted by Gasteiger charge is 2.38. The van der Waals surface area contributed by atoms with Crippen LogP contribution in [0.5, 0.6) is 0 Å². The first kappa shape index (κ1) is 38.9. The molecule has 0 aromatic carbocycles. The second-order valence-corrected chi connectivity index (χ2v) is 15.8. The molecule has 0 aliphatic carbocycles. The molecule has 0 saturated carbocycles. The van der Waals surface area contributed by atoms with E-state index in [1.54, 1.807) is 20.8 Å². The van der Waals surface area contributed by atoms with E-state index in [-0.39, 0.29) is 31.1 Å². The molecule has 2 N–H and O–H groups in total. The summed E-state index contributed by atoms with van der Waals surface area (Å²) < 4.78 is 45.7.